The SMILES string of the molecule is O=C1OCCN1C(=O)Oc1ccccc1C1OP(=O)(O)C(Cc2cnc3ccccn23)P(=O)(O)O1. The molecule has 2 atom stereocenters. The fraction of sp³-hybridized carbons (Fsp3) is 0.250. The Morgan fingerprint density at radius 3 is 2.54 bits per heavy atom. The minimum Gasteiger partial charge on any atom is -0.447 e. The fourth-order valence-corrected chi connectivity index (χ4v) is 7.61. The Morgan fingerprint density at radius 2 is 1.83 bits per heavy atom. The average molecular weight is 523 g/mol. The molecule has 0 bridgehead atoms. The Kier molecular flexibility index (Phi) is 6.00. The topological polar surface area (TPSA) is 166 Å². The standard InChI is InChI=1S/C20H19N3O10P2/c24-19-23(9-10-30-19)20(25)31-15-6-2-1-5-14(15)18-32-34(26,27)17(35(28,29)33-18)11-13-12-21-16-7-3-4-8-22(13)16/h1-8,12,17-18H,9-11H2,(H,26,27)(H,28,29). The van der Waals surface area contributed by atoms with Gasteiger partial charge in [0.15, 0.2) is 5.40 Å². The minimum atomic E-state index is -4.75. The van der Waals surface area contributed by atoms with Crippen molar-refractivity contribution in [2.45, 2.75) is 18.1 Å². The molecule has 13 nitrogen and oxygen atoms in total. The van der Waals surface area contributed by atoms with Crippen molar-refractivity contribution >= 4 is 33.0 Å². The summed E-state index contributed by atoms with van der Waals surface area (Å²) < 4.78 is 48.3. The summed E-state index contributed by atoms with van der Waals surface area (Å²) in [4.78, 5) is 50.2. The molecule has 2 amide bonds. The molecule has 0 radical (unpaired) electrons. The first kappa shape index (κ1) is 23.7. The summed E-state index contributed by atoms with van der Waals surface area (Å²) in [6, 6.07) is 10.8. The van der Waals surface area contributed by atoms with Gasteiger partial charge in [-0.1, -0.05) is 24.3 Å². The summed E-state index contributed by atoms with van der Waals surface area (Å²) in [6.45, 7) is -0.00141. The molecule has 2 aliphatic heterocycles. The van der Waals surface area contributed by atoms with E-state index < -0.39 is 39.1 Å². The molecule has 2 N–H and O–H groups in total. The quantitative estimate of drug-likeness (QED) is 0.482. The molecule has 4 heterocycles. The number of amides is 2. The van der Waals surface area contributed by atoms with E-state index >= 15 is 0 Å². The largest absolute Gasteiger partial charge is 0.447 e. The summed E-state index contributed by atoms with van der Waals surface area (Å²) >= 11 is 0. The van der Waals surface area contributed by atoms with Gasteiger partial charge in [0.25, 0.3) is 0 Å². The molecule has 2 aliphatic rings. The van der Waals surface area contributed by atoms with Crippen LogP contribution in [0.4, 0.5) is 9.59 Å². The highest BCUT2D eigenvalue weighted by Gasteiger charge is 2.55. The van der Waals surface area contributed by atoms with E-state index in [2.05, 4.69) is 4.98 Å². The second-order valence-electron chi connectivity index (χ2n) is 7.71. The molecule has 1 aromatic carbocycles. The first-order chi connectivity index (χ1) is 16.7. The molecule has 0 spiro atoms. The van der Waals surface area contributed by atoms with Crippen LogP contribution in [0.15, 0.2) is 54.9 Å². The van der Waals surface area contributed by atoms with Crippen LogP contribution in [-0.2, 0) is 29.3 Å². The lowest BCUT2D eigenvalue weighted by atomic mass is 10.2. The van der Waals surface area contributed by atoms with Gasteiger partial charge in [-0.25, -0.2) is 19.5 Å². The number of nitrogens with zero attached hydrogens (tertiary/aromatic N) is 3. The Bertz CT molecular complexity index is 1380. The van der Waals surface area contributed by atoms with Crippen LogP contribution in [0.1, 0.15) is 17.5 Å². The zero-order valence-electron chi connectivity index (χ0n) is 17.9. The number of imidazole rings is 1. The van der Waals surface area contributed by atoms with Crippen molar-refractivity contribution in [2.24, 2.45) is 0 Å². The maximum absolute atomic E-state index is 13.1. The lowest BCUT2D eigenvalue weighted by Crippen LogP contribution is -2.34. The molecule has 3 aromatic rings. The zero-order chi connectivity index (χ0) is 24.8. The van der Waals surface area contributed by atoms with Gasteiger partial charge in [-0.05, 0) is 18.2 Å². The molecule has 15 heteroatoms. The third-order valence-corrected chi connectivity index (χ3v) is 10.1. The third kappa shape index (κ3) is 4.50. The molecule has 2 unspecified atom stereocenters. The number of aromatic nitrogens is 2. The molecule has 0 aliphatic carbocycles. The Balaban J connectivity index is 1.40. The van der Waals surface area contributed by atoms with Crippen LogP contribution in [0.3, 0.4) is 0 Å². The van der Waals surface area contributed by atoms with Crippen molar-refractivity contribution in [3.8, 4) is 5.75 Å². The maximum atomic E-state index is 13.1. The number of para-hydroxylation sites is 1. The van der Waals surface area contributed by atoms with Crippen LogP contribution < -0.4 is 4.74 Å². The van der Waals surface area contributed by atoms with E-state index in [-0.39, 0.29) is 30.9 Å². The zero-order valence-corrected chi connectivity index (χ0v) is 19.7. The highest BCUT2D eigenvalue weighted by molar-refractivity contribution is 7.72. The minimum absolute atomic E-state index is 0.0136. The summed E-state index contributed by atoms with van der Waals surface area (Å²) in [6.07, 6.45) is -0.967. The first-order valence-electron chi connectivity index (χ1n) is 10.3. The van der Waals surface area contributed by atoms with Gasteiger partial charge in [0.1, 0.15) is 18.0 Å². The second-order valence-corrected chi connectivity index (χ2v) is 12.0. The van der Waals surface area contributed by atoms with Gasteiger partial charge in [-0.2, -0.15) is 0 Å². The molecular formula is C20H19N3O10P2. The number of benzene rings is 1. The predicted octanol–water partition coefficient (Wildman–Crippen LogP) is 3.27. The highest BCUT2D eigenvalue weighted by atomic mass is 31.2. The van der Waals surface area contributed by atoms with Crippen molar-refractivity contribution in [1.29, 1.82) is 0 Å². The molecule has 35 heavy (non-hydrogen) atoms. The number of fused-ring (bicyclic) bond motifs is 1. The van der Waals surface area contributed by atoms with Crippen molar-refractivity contribution in [2.75, 3.05) is 13.2 Å². The van der Waals surface area contributed by atoms with E-state index in [0.29, 0.717) is 11.3 Å². The Morgan fingerprint density at radius 1 is 1.11 bits per heavy atom. The van der Waals surface area contributed by atoms with Crippen LogP contribution in [0.2, 0.25) is 0 Å². The number of ether oxygens (including phenoxy) is 2. The summed E-state index contributed by atoms with van der Waals surface area (Å²) in [7, 11) is -9.50. The number of hydrogen-bond acceptors (Lipinski definition) is 9. The number of rotatable bonds is 4. The van der Waals surface area contributed by atoms with Crippen molar-refractivity contribution < 1.29 is 47.0 Å². The fourth-order valence-electron chi connectivity index (χ4n) is 3.76. The molecule has 2 fully saturated rings. The van der Waals surface area contributed by atoms with E-state index in [0.717, 1.165) is 4.90 Å². The number of carbonyl (C=O) groups is 2. The Labute approximate surface area is 197 Å². The van der Waals surface area contributed by atoms with Crippen molar-refractivity contribution in [3.05, 3.63) is 66.1 Å². The van der Waals surface area contributed by atoms with Crippen molar-refractivity contribution in [1.82, 2.24) is 14.3 Å². The summed E-state index contributed by atoms with van der Waals surface area (Å²) in [5.74, 6) is -0.192. The van der Waals surface area contributed by atoms with Crippen LogP contribution in [-0.4, -0.2) is 54.8 Å². The second kappa shape index (κ2) is 8.87. The third-order valence-electron chi connectivity index (χ3n) is 5.48. The first-order valence-corrected chi connectivity index (χ1v) is 13.6. The van der Waals surface area contributed by atoms with E-state index in [9.17, 15) is 28.5 Å². The van der Waals surface area contributed by atoms with Crippen LogP contribution in [0, 0.1) is 0 Å². The Hall–Kier alpha value is -3.05. The molecule has 5 rings (SSSR count). The van der Waals surface area contributed by atoms with Gasteiger partial charge in [0, 0.05) is 24.5 Å². The molecule has 184 valence electrons. The van der Waals surface area contributed by atoms with Gasteiger partial charge in [-0.3, -0.25) is 18.2 Å². The monoisotopic (exact) mass is 523 g/mol. The summed E-state index contributed by atoms with van der Waals surface area (Å²) in [5.41, 5.74) is 0.869. The highest BCUT2D eigenvalue weighted by Crippen LogP contribution is 2.73. The normalized spacial score (nSPS) is 28.7. The number of cyclic esters (lactones) is 1. The smallest absolute Gasteiger partial charge is 0.424 e. The average Bonchev–Trinajstić information content (AvgIpc) is 3.42. The predicted molar refractivity (Wildman–Crippen MR) is 118 cm³/mol. The van der Waals surface area contributed by atoms with Gasteiger partial charge >= 0.3 is 27.4 Å². The maximum Gasteiger partial charge on any atom is 0.424 e. The lowest BCUT2D eigenvalue weighted by molar-refractivity contribution is -0.0264. The summed E-state index contributed by atoms with van der Waals surface area (Å²) in [5, 5.41) is -1.78. The molecule has 2 saturated heterocycles. The van der Waals surface area contributed by atoms with Gasteiger partial charge in [0.2, 0.25) is 6.29 Å². The van der Waals surface area contributed by atoms with Gasteiger partial charge in [0.05, 0.1) is 12.1 Å². The van der Waals surface area contributed by atoms with E-state index in [1.807, 2.05) is 0 Å². The molecule has 2 aromatic heterocycles. The van der Waals surface area contributed by atoms with Crippen LogP contribution >= 0.6 is 15.2 Å². The number of hydrogen-bond donors (Lipinski definition) is 2. The molecular weight excluding hydrogens is 504 g/mol. The number of pyridine rings is 1. The van der Waals surface area contributed by atoms with Crippen LogP contribution in [0.5, 0.6) is 5.75 Å². The van der Waals surface area contributed by atoms with E-state index in [1.54, 1.807) is 28.8 Å². The van der Waals surface area contributed by atoms with Gasteiger partial charge < -0.3 is 23.7 Å². The van der Waals surface area contributed by atoms with Gasteiger partial charge in [-0.15, -0.1) is 0 Å². The number of imide groups is 1. The van der Waals surface area contributed by atoms with Crippen molar-refractivity contribution in [3.63, 3.8) is 0 Å². The molecule has 0 saturated carbocycles. The van der Waals surface area contributed by atoms with Crippen LogP contribution in [0.25, 0.3) is 5.65 Å². The lowest BCUT2D eigenvalue weighted by Gasteiger charge is -2.36. The van der Waals surface area contributed by atoms with E-state index in [4.69, 9.17) is 18.5 Å². The van der Waals surface area contributed by atoms with E-state index in [1.165, 1.54) is 30.5 Å². The number of carbonyl (C=O) groups excluding carboxylic acids is 2.